The molecule has 0 aliphatic rings. The van der Waals surface area contributed by atoms with E-state index < -0.39 is 21.8 Å². The van der Waals surface area contributed by atoms with Gasteiger partial charge in [-0.05, 0) is 56.3 Å². The molecule has 30 heavy (non-hydrogen) atoms. The Kier molecular flexibility index (Phi) is 6.61. The van der Waals surface area contributed by atoms with E-state index in [-0.39, 0.29) is 11.7 Å². The van der Waals surface area contributed by atoms with Gasteiger partial charge in [-0.15, -0.1) is 11.3 Å². The number of thiazole rings is 1. The average Bonchev–Trinajstić information content (AvgIpc) is 3.29. The van der Waals surface area contributed by atoms with Crippen LogP contribution in [-0.4, -0.2) is 25.0 Å². The molecular weight excluding hydrogens is 444 g/mol. The lowest BCUT2D eigenvalue weighted by atomic mass is 9.99. The zero-order chi connectivity index (χ0) is 21.9. The molecule has 160 valence electrons. The van der Waals surface area contributed by atoms with Crippen LogP contribution in [0.3, 0.4) is 0 Å². The van der Waals surface area contributed by atoms with E-state index in [2.05, 4.69) is 9.17 Å². The lowest BCUT2D eigenvalue weighted by Gasteiger charge is -2.23. The zero-order valence-electron chi connectivity index (χ0n) is 16.7. The van der Waals surface area contributed by atoms with Crippen molar-refractivity contribution in [1.29, 1.82) is 0 Å². The third-order valence-corrected chi connectivity index (χ3v) is 5.97. The second-order valence-corrected chi connectivity index (χ2v) is 10.4. The van der Waals surface area contributed by atoms with Gasteiger partial charge in [0, 0.05) is 16.3 Å². The number of thiophene rings is 1. The fraction of sp³-hybridized carbons (Fsp3) is 0.300. The molecule has 1 aromatic carbocycles. The van der Waals surface area contributed by atoms with E-state index in [1.807, 2.05) is 43.0 Å². The number of aromatic nitrogens is 1. The molecule has 2 aromatic heterocycles. The van der Waals surface area contributed by atoms with E-state index in [0.29, 0.717) is 11.4 Å². The molecule has 0 unspecified atom stereocenters. The molecule has 0 aliphatic heterocycles. The van der Waals surface area contributed by atoms with Gasteiger partial charge in [0.05, 0.1) is 5.69 Å². The van der Waals surface area contributed by atoms with E-state index in [1.165, 1.54) is 23.5 Å². The average molecular weight is 467 g/mol. The maximum atomic E-state index is 12.9. The summed E-state index contributed by atoms with van der Waals surface area (Å²) in [6, 6.07) is 8.34. The van der Waals surface area contributed by atoms with Crippen LogP contribution < -0.4 is 9.32 Å². The van der Waals surface area contributed by atoms with Gasteiger partial charge in [-0.2, -0.15) is 24.9 Å². The lowest BCUT2D eigenvalue weighted by Crippen LogP contribution is -2.28. The molecular formula is C20H22N2O5S3. The van der Waals surface area contributed by atoms with Crippen LogP contribution in [0, 0.1) is 0 Å². The van der Waals surface area contributed by atoms with Gasteiger partial charge >= 0.3 is 16.3 Å². The highest BCUT2D eigenvalue weighted by molar-refractivity contribution is 7.84. The van der Waals surface area contributed by atoms with Crippen LogP contribution in [0.2, 0.25) is 0 Å². The maximum Gasteiger partial charge on any atom is 0.380 e. The van der Waals surface area contributed by atoms with Crippen molar-refractivity contribution in [3.63, 3.8) is 0 Å². The molecule has 3 aromatic rings. The van der Waals surface area contributed by atoms with Crippen molar-refractivity contribution in [2.75, 3.05) is 0 Å². The van der Waals surface area contributed by atoms with Crippen molar-refractivity contribution >= 4 is 38.9 Å². The number of hydrogen-bond acceptors (Lipinski definition) is 8. The molecule has 0 fully saturated rings. The van der Waals surface area contributed by atoms with Crippen LogP contribution in [0.1, 0.15) is 37.3 Å². The molecule has 2 heterocycles. The fourth-order valence-corrected chi connectivity index (χ4v) is 4.63. The number of esters is 1. The van der Waals surface area contributed by atoms with Gasteiger partial charge in [-0.1, -0.05) is 12.1 Å². The van der Waals surface area contributed by atoms with Crippen LogP contribution in [-0.2, 0) is 26.3 Å². The van der Waals surface area contributed by atoms with Crippen molar-refractivity contribution < 1.29 is 22.1 Å². The topological polar surface area (TPSA) is 109 Å². The highest BCUT2D eigenvalue weighted by Gasteiger charge is 2.29. The fourth-order valence-electron chi connectivity index (χ4n) is 2.69. The molecule has 0 saturated heterocycles. The Hall–Kier alpha value is -2.27. The van der Waals surface area contributed by atoms with Crippen LogP contribution in [0.5, 0.6) is 5.75 Å². The van der Waals surface area contributed by atoms with Crippen LogP contribution in [0.25, 0.3) is 11.3 Å². The molecule has 0 saturated carbocycles. The SMILES string of the molecule is CC(C)(C)OC(=O)[C@H](Cc1ccc(OS(N)(=O)=O)cc1)c1nc(-c2ccsc2)cs1. The Balaban J connectivity index is 1.86. The Labute approximate surface area is 183 Å². The predicted molar refractivity (Wildman–Crippen MR) is 118 cm³/mol. The second kappa shape index (κ2) is 8.84. The van der Waals surface area contributed by atoms with Crippen molar-refractivity contribution in [3.8, 4) is 17.0 Å². The third-order valence-electron chi connectivity index (χ3n) is 3.90. The van der Waals surface area contributed by atoms with E-state index in [0.717, 1.165) is 16.8 Å². The van der Waals surface area contributed by atoms with Crippen LogP contribution in [0.4, 0.5) is 0 Å². The highest BCUT2D eigenvalue weighted by atomic mass is 32.2. The zero-order valence-corrected chi connectivity index (χ0v) is 19.1. The molecule has 0 spiro atoms. The smallest absolute Gasteiger partial charge is 0.380 e. The minimum Gasteiger partial charge on any atom is -0.459 e. The Morgan fingerprint density at radius 1 is 1.17 bits per heavy atom. The molecule has 2 N–H and O–H groups in total. The number of carbonyl (C=O) groups is 1. The van der Waals surface area contributed by atoms with E-state index in [1.54, 1.807) is 23.5 Å². The summed E-state index contributed by atoms with van der Waals surface area (Å²) in [5.74, 6) is -0.853. The largest absolute Gasteiger partial charge is 0.459 e. The molecule has 1 atom stereocenters. The minimum atomic E-state index is -4.09. The summed E-state index contributed by atoms with van der Waals surface area (Å²) < 4.78 is 32.4. The maximum absolute atomic E-state index is 12.9. The first-order valence-corrected chi connectivity index (χ1v) is 12.3. The van der Waals surface area contributed by atoms with Crippen LogP contribution in [0.15, 0.2) is 46.5 Å². The molecule has 0 bridgehead atoms. The quantitative estimate of drug-likeness (QED) is 0.525. The van der Waals surface area contributed by atoms with Gasteiger partial charge in [-0.3, -0.25) is 4.79 Å². The summed E-state index contributed by atoms with van der Waals surface area (Å²) in [6.07, 6.45) is 0.348. The first-order valence-electron chi connectivity index (χ1n) is 9.02. The highest BCUT2D eigenvalue weighted by Crippen LogP contribution is 2.32. The number of rotatable bonds is 7. The van der Waals surface area contributed by atoms with E-state index in [9.17, 15) is 13.2 Å². The van der Waals surface area contributed by atoms with Gasteiger partial charge in [0.25, 0.3) is 0 Å². The lowest BCUT2D eigenvalue weighted by molar-refractivity contribution is -0.156. The summed E-state index contributed by atoms with van der Waals surface area (Å²) in [5.41, 5.74) is 2.01. The first-order chi connectivity index (χ1) is 14.0. The van der Waals surface area contributed by atoms with Gasteiger partial charge in [0.2, 0.25) is 0 Å². The monoisotopic (exact) mass is 466 g/mol. The minimum absolute atomic E-state index is 0.101. The number of nitrogens with two attached hydrogens (primary N) is 1. The normalized spacial score (nSPS) is 13.1. The third kappa shape index (κ3) is 6.36. The van der Waals surface area contributed by atoms with Gasteiger partial charge in [0.1, 0.15) is 22.3 Å². The Bertz CT molecular complexity index is 1100. The van der Waals surface area contributed by atoms with Crippen LogP contribution >= 0.6 is 22.7 Å². The van der Waals surface area contributed by atoms with Crippen molar-refractivity contribution in [3.05, 3.63) is 57.0 Å². The van der Waals surface area contributed by atoms with Gasteiger partial charge < -0.3 is 8.92 Å². The van der Waals surface area contributed by atoms with E-state index >= 15 is 0 Å². The molecule has 0 radical (unpaired) electrons. The molecule has 3 rings (SSSR count). The number of benzene rings is 1. The standard InChI is InChI=1S/C20H22N2O5S3/c1-20(2,3)26-19(23)16(18-22-17(12-29-18)14-8-9-28-11-14)10-13-4-6-15(7-5-13)27-30(21,24)25/h4-9,11-12,16H,10H2,1-3H3,(H2,21,24,25)/t16-/m1/s1. The van der Waals surface area contributed by atoms with Crippen molar-refractivity contribution in [1.82, 2.24) is 4.98 Å². The Morgan fingerprint density at radius 3 is 2.43 bits per heavy atom. The summed E-state index contributed by atoms with van der Waals surface area (Å²) in [6.45, 7) is 5.46. The summed E-state index contributed by atoms with van der Waals surface area (Å²) in [7, 11) is -4.09. The van der Waals surface area contributed by atoms with Crippen molar-refractivity contribution in [2.45, 2.75) is 38.7 Å². The molecule has 0 amide bonds. The van der Waals surface area contributed by atoms with Crippen molar-refractivity contribution in [2.24, 2.45) is 5.14 Å². The molecule has 10 heteroatoms. The summed E-state index contributed by atoms with van der Waals surface area (Å²) >= 11 is 3.00. The molecule has 7 nitrogen and oxygen atoms in total. The number of carbonyl (C=O) groups excluding carboxylic acids is 1. The number of ether oxygens (including phenoxy) is 1. The number of nitrogens with zero attached hydrogens (tertiary/aromatic N) is 1. The summed E-state index contributed by atoms with van der Waals surface area (Å²) in [5, 5.41) is 11.5. The Morgan fingerprint density at radius 2 is 1.87 bits per heavy atom. The van der Waals surface area contributed by atoms with Gasteiger partial charge in [0.15, 0.2) is 0 Å². The molecule has 0 aliphatic carbocycles. The van der Waals surface area contributed by atoms with E-state index in [4.69, 9.17) is 9.88 Å². The first kappa shape index (κ1) is 22.4. The number of hydrogen-bond donors (Lipinski definition) is 1. The second-order valence-electron chi connectivity index (χ2n) is 7.59. The predicted octanol–water partition coefficient (Wildman–Crippen LogP) is 4.12. The van der Waals surface area contributed by atoms with Gasteiger partial charge in [-0.25, -0.2) is 4.98 Å². The summed E-state index contributed by atoms with van der Waals surface area (Å²) in [4.78, 5) is 17.6.